The van der Waals surface area contributed by atoms with Crippen molar-refractivity contribution in [1.82, 2.24) is 15.5 Å². The van der Waals surface area contributed by atoms with Crippen LogP contribution in [0.3, 0.4) is 0 Å². The number of aromatic nitrogens is 2. The Balaban J connectivity index is 1.59. The van der Waals surface area contributed by atoms with Gasteiger partial charge in [0, 0.05) is 11.4 Å². The zero-order chi connectivity index (χ0) is 17.1. The number of carbonyl (C=O) groups excluding carboxylic acids is 1. The summed E-state index contributed by atoms with van der Waals surface area (Å²) in [5, 5.41) is 11.5. The Hall–Kier alpha value is -1.34. The number of hydrogen-bond acceptors (Lipinski definition) is 6. The quantitative estimate of drug-likeness (QED) is 0.789. The van der Waals surface area contributed by atoms with E-state index in [1.54, 1.807) is 11.3 Å². The molecule has 5 nitrogen and oxygen atoms in total. The molecule has 0 saturated carbocycles. The highest BCUT2D eigenvalue weighted by atomic mass is 32.2. The lowest BCUT2D eigenvalue weighted by Gasteiger charge is -2.16. The van der Waals surface area contributed by atoms with Crippen LogP contribution in [0.2, 0.25) is 0 Å². The zero-order valence-corrected chi connectivity index (χ0v) is 15.9. The van der Waals surface area contributed by atoms with Crippen molar-refractivity contribution < 1.29 is 9.21 Å². The Morgan fingerprint density at radius 2 is 2.33 bits per heavy atom. The van der Waals surface area contributed by atoms with Crippen molar-refractivity contribution >= 4 is 29.0 Å². The van der Waals surface area contributed by atoms with Gasteiger partial charge in [0.2, 0.25) is 5.91 Å². The van der Waals surface area contributed by atoms with E-state index >= 15 is 0 Å². The summed E-state index contributed by atoms with van der Waals surface area (Å²) < 4.78 is 5.72. The normalized spacial score (nSPS) is 17.1. The number of amides is 1. The minimum absolute atomic E-state index is 0.00553. The van der Waals surface area contributed by atoms with Crippen molar-refractivity contribution in [3.63, 3.8) is 0 Å². The molecule has 1 aliphatic carbocycles. The van der Waals surface area contributed by atoms with Gasteiger partial charge in [-0.2, -0.15) is 0 Å². The van der Waals surface area contributed by atoms with Gasteiger partial charge < -0.3 is 9.73 Å². The molecule has 1 atom stereocenters. The summed E-state index contributed by atoms with van der Waals surface area (Å²) in [7, 11) is 0. The highest BCUT2D eigenvalue weighted by molar-refractivity contribution is 7.99. The van der Waals surface area contributed by atoms with Crippen molar-refractivity contribution in [2.45, 2.75) is 45.3 Å². The molecule has 2 aromatic rings. The van der Waals surface area contributed by atoms with Gasteiger partial charge in [-0.25, -0.2) is 0 Å². The highest BCUT2D eigenvalue weighted by Gasteiger charge is 2.21. The average molecular weight is 366 g/mol. The number of nitrogens with zero attached hydrogens (tertiary/aromatic N) is 2. The first-order valence-corrected chi connectivity index (χ1v) is 10.2. The van der Waals surface area contributed by atoms with Gasteiger partial charge in [-0.1, -0.05) is 32.5 Å². The average Bonchev–Trinajstić information content (AvgIpc) is 3.16. The molecule has 1 amide bonds. The fourth-order valence-corrected chi connectivity index (χ4v) is 4.40. The second-order valence-corrected chi connectivity index (χ2v) is 8.83. The standard InChI is InChI=1S/C17H23N3O2S2/c1-10(2)8-18-15(21)9-23-17-20-19-16(22-17)14-7-12-6-11(3)4-5-13(12)24-14/h7,10-11H,4-6,8-9H2,1-3H3,(H,18,21). The lowest BCUT2D eigenvalue weighted by molar-refractivity contribution is -0.118. The molecule has 0 aliphatic heterocycles. The minimum Gasteiger partial charge on any atom is -0.410 e. The van der Waals surface area contributed by atoms with Gasteiger partial charge in [0.15, 0.2) is 0 Å². The molecule has 0 bridgehead atoms. The van der Waals surface area contributed by atoms with Gasteiger partial charge in [-0.3, -0.25) is 4.79 Å². The molecule has 1 N–H and O–H groups in total. The monoisotopic (exact) mass is 365 g/mol. The summed E-state index contributed by atoms with van der Waals surface area (Å²) in [6, 6.07) is 2.19. The van der Waals surface area contributed by atoms with Crippen LogP contribution >= 0.6 is 23.1 Å². The van der Waals surface area contributed by atoms with Gasteiger partial charge >= 0.3 is 0 Å². The van der Waals surface area contributed by atoms with Crippen molar-refractivity contribution in [3.05, 3.63) is 16.5 Å². The molecule has 0 spiro atoms. The smallest absolute Gasteiger partial charge is 0.277 e. The first-order valence-electron chi connectivity index (χ1n) is 8.36. The van der Waals surface area contributed by atoms with E-state index in [1.807, 2.05) is 0 Å². The van der Waals surface area contributed by atoms with Crippen LogP contribution in [0.4, 0.5) is 0 Å². The SMILES string of the molecule is CC(C)CNC(=O)CSc1nnc(-c2cc3c(s2)CCC(C)C3)o1. The lowest BCUT2D eigenvalue weighted by atomic mass is 9.90. The molecule has 24 heavy (non-hydrogen) atoms. The maximum absolute atomic E-state index is 11.7. The van der Waals surface area contributed by atoms with Gasteiger partial charge in [-0.15, -0.1) is 21.5 Å². The lowest BCUT2D eigenvalue weighted by Crippen LogP contribution is -2.28. The number of thioether (sulfide) groups is 1. The van der Waals surface area contributed by atoms with Gasteiger partial charge in [-0.05, 0) is 42.7 Å². The summed E-state index contributed by atoms with van der Waals surface area (Å²) in [5.74, 6) is 2.05. The number of rotatable bonds is 6. The topological polar surface area (TPSA) is 68.0 Å². The fourth-order valence-electron chi connectivity index (χ4n) is 2.68. The number of hydrogen-bond donors (Lipinski definition) is 1. The van der Waals surface area contributed by atoms with E-state index < -0.39 is 0 Å². The molecule has 2 aromatic heterocycles. The van der Waals surface area contributed by atoms with Crippen molar-refractivity contribution in [3.8, 4) is 10.8 Å². The molecule has 130 valence electrons. The van der Waals surface area contributed by atoms with Crippen LogP contribution < -0.4 is 5.32 Å². The van der Waals surface area contributed by atoms with Crippen LogP contribution in [-0.2, 0) is 17.6 Å². The zero-order valence-electron chi connectivity index (χ0n) is 14.3. The third-order valence-electron chi connectivity index (χ3n) is 3.98. The highest BCUT2D eigenvalue weighted by Crippen LogP contribution is 2.37. The number of nitrogens with one attached hydrogen (secondary N) is 1. The molecule has 3 rings (SSSR count). The van der Waals surface area contributed by atoms with E-state index in [4.69, 9.17) is 4.42 Å². The van der Waals surface area contributed by atoms with E-state index in [1.165, 1.54) is 28.6 Å². The Labute approximate surface area is 150 Å². The van der Waals surface area contributed by atoms with Crippen molar-refractivity contribution in [2.75, 3.05) is 12.3 Å². The third-order valence-corrected chi connectivity index (χ3v) is 6.02. The van der Waals surface area contributed by atoms with Crippen LogP contribution in [0.25, 0.3) is 10.8 Å². The molecule has 0 saturated heterocycles. The van der Waals surface area contributed by atoms with Gasteiger partial charge in [0.05, 0.1) is 10.6 Å². The summed E-state index contributed by atoms with van der Waals surface area (Å²) in [6.07, 6.45) is 3.54. The van der Waals surface area contributed by atoms with E-state index in [0.29, 0.717) is 29.3 Å². The van der Waals surface area contributed by atoms with Crippen LogP contribution in [-0.4, -0.2) is 28.4 Å². The number of aryl methyl sites for hydroxylation is 1. The van der Waals surface area contributed by atoms with Crippen LogP contribution in [0, 0.1) is 11.8 Å². The van der Waals surface area contributed by atoms with E-state index in [9.17, 15) is 4.79 Å². The summed E-state index contributed by atoms with van der Waals surface area (Å²) in [6.45, 7) is 7.12. The second-order valence-electron chi connectivity index (χ2n) is 6.77. The number of carbonyl (C=O) groups is 1. The molecule has 2 heterocycles. The van der Waals surface area contributed by atoms with Crippen molar-refractivity contribution in [1.29, 1.82) is 0 Å². The molecule has 1 aliphatic rings. The predicted octanol–water partition coefficient (Wildman–Crippen LogP) is 3.79. The van der Waals surface area contributed by atoms with E-state index in [-0.39, 0.29) is 5.91 Å². The van der Waals surface area contributed by atoms with Crippen LogP contribution in [0.1, 0.15) is 37.6 Å². The third kappa shape index (κ3) is 4.39. The minimum atomic E-state index is -0.00553. The first-order chi connectivity index (χ1) is 11.5. The molecular formula is C17H23N3O2S2. The number of fused-ring (bicyclic) bond motifs is 1. The summed E-state index contributed by atoms with van der Waals surface area (Å²) in [5.41, 5.74) is 1.43. The van der Waals surface area contributed by atoms with Crippen LogP contribution in [0.15, 0.2) is 15.7 Å². The maximum Gasteiger partial charge on any atom is 0.277 e. The first kappa shape index (κ1) is 17.5. The Morgan fingerprint density at radius 1 is 1.50 bits per heavy atom. The summed E-state index contributed by atoms with van der Waals surface area (Å²) in [4.78, 5) is 14.2. The molecule has 0 fully saturated rings. The maximum atomic E-state index is 11.7. The van der Waals surface area contributed by atoms with E-state index in [0.717, 1.165) is 23.6 Å². The number of thiophene rings is 1. The summed E-state index contributed by atoms with van der Waals surface area (Å²) >= 11 is 3.04. The largest absolute Gasteiger partial charge is 0.410 e. The molecule has 1 unspecified atom stereocenters. The van der Waals surface area contributed by atoms with Crippen LogP contribution in [0.5, 0.6) is 0 Å². The van der Waals surface area contributed by atoms with Gasteiger partial charge in [0.25, 0.3) is 11.1 Å². The Kier molecular flexibility index (Phi) is 5.61. The predicted molar refractivity (Wildman–Crippen MR) is 97.4 cm³/mol. The Morgan fingerprint density at radius 3 is 3.12 bits per heavy atom. The Bertz CT molecular complexity index is 709. The van der Waals surface area contributed by atoms with Crippen molar-refractivity contribution in [2.24, 2.45) is 11.8 Å². The fraction of sp³-hybridized carbons (Fsp3) is 0.588. The molecular weight excluding hydrogens is 342 g/mol. The molecule has 7 heteroatoms. The van der Waals surface area contributed by atoms with Gasteiger partial charge in [0.1, 0.15) is 0 Å². The second kappa shape index (κ2) is 7.70. The molecule has 0 radical (unpaired) electrons. The van der Waals surface area contributed by atoms with E-state index in [2.05, 4.69) is 42.4 Å². The molecule has 0 aromatic carbocycles.